The lowest BCUT2D eigenvalue weighted by Gasteiger charge is -2.04. The van der Waals surface area contributed by atoms with Crippen LogP contribution in [0.4, 0.5) is 5.69 Å². The van der Waals surface area contributed by atoms with Crippen LogP contribution in [0.1, 0.15) is 5.76 Å². The summed E-state index contributed by atoms with van der Waals surface area (Å²) in [5, 5.41) is 13.1. The molecule has 0 aliphatic rings. The van der Waals surface area contributed by atoms with Crippen molar-refractivity contribution in [3.63, 3.8) is 0 Å². The number of para-hydroxylation sites is 1. The minimum Gasteiger partial charge on any atom is -0.450 e. The standard InChI is InChI=1S/C21H12ClN3O2S2/c22-14-4-3-5-15(11-14)24-20(26)13(12-23)10-16-8-9-19(27-16)29-21-25-17-6-1-2-7-18(17)28-21/h1-11H,(H,24,26)/b13-10+. The summed E-state index contributed by atoms with van der Waals surface area (Å²) in [6.45, 7) is 0. The van der Waals surface area contributed by atoms with Gasteiger partial charge in [-0.05, 0) is 54.2 Å². The van der Waals surface area contributed by atoms with Crippen molar-refractivity contribution in [3.8, 4) is 6.07 Å². The minimum absolute atomic E-state index is 0.0733. The average Bonchev–Trinajstić information content (AvgIpc) is 3.32. The first-order chi connectivity index (χ1) is 14.1. The summed E-state index contributed by atoms with van der Waals surface area (Å²) in [6.07, 6.45) is 1.41. The van der Waals surface area contributed by atoms with Crippen LogP contribution in [0.25, 0.3) is 16.3 Å². The number of aromatic nitrogens is 1. The number of nitriles is 1. The van der Waals surface area contributed by atoms with E-state index in [1.54, 1.807) is 47.7 Å². The molecule has 2 heterocycles. The van der Waals surface area contributed by atoms with Gasteiger partial charge in [-0.15, -0.1) is 11.3 Å². The van der Waals surface area contributed by atoms with Crippen LogP contribution < -0.4 is 5.32 Å². The molecule has 2 aromatic heterocycles. The molecule has 8 heteroatoms. The average molecular weight is 438 g/mol. The number of carbonyl (C=O) groups is 1. The zero-order valence-corrected chi connectivity index (χ0v) is 17.1. The fourth-order valence-corrected chi connectivity index (χ4v) is 4.66. The quantitative estimate of drug-likeness (QED) is 0.295. The van der Waals surface area contributed by atoms with Gasteiger partial charge >= 0.3 is 0 Å². The molecule has 0 spiro atoms. The Morgan fingerprint density at radius 1 is 1.21 bits per heavy atom. The van der Waals surface area contributed by atoms with Crippen molar-refractivity contribution in [1.82, 2.24) is 4.98 Å². The van der Waals surface area contributed by atoms with E-state index in [1.165, 1.54) is 17.8 Å². The molecule has 0 radical (unpaired) electrons. The molecule has 0 saturated carbocycles. The SMILES string of the molecule is N#C/C(=C\c1ccc(Sc2nc3ccccc3s2)o1)C(=O)Nc1cccc(Cl)c1. The number of fused-ring (bicyclic) bond motifs is 1. The van der Waals surface area contributed by atoms with Gasteiger partial charge in [-0.1, -0.05) is 29.8 Å². The number of anilines is 1. The first-order valence-electron chi connectivity index (χ1n) is 8.43. The number of nitrogens with zero attached hydrogens (tertiary/aromatic N) is 2. The van der Waals surface area contributed by atoms with E-state index < -0.39 is 5.91 Å². The molecule has 0 fully saturated rings. The number of halogens is 1. The molecule has 0 bridgehead atoms. The van der Waals surface area contributed by atoms with E-state index in [0.29, 0.717) is 21.6 Å². The lowest BCUT2D eigenvalue weighted by atomic mass is 10.2. The Morgan fingerprint density at radius 2 is 2.07 bits per heavy atom. The molecular weight excluding hydrogens is 426 g/mol. The third-order valence-corrected chi connectivity index (χ3v) is 6.05. The molecule has 0 unspecified atom stereocenters. The van der Waals surface area contributed by atoms with Crippen molar-refractivity contribution < 1.29 is 9.21 Å². The molecule has 4 rings (SSSR count). The highest BCUT2D eigenvalue weighted by Gasteiger charge is 2.12. The Kier molecular flexibility index (Phi) is 5.67. The summed E-state index contributed by atoms with van der Waals surface area (Å²) in [6, 6.07) is 20.0. The zero-order valence-electron chi connectivity index (χ0n) is 14.8. The second kappa shape index (κ2) is 8.53. The highest BCUT2D eigenvalue weighted by Crippen LogP contribution is 2.35. The summed E-state index contributed by atoms with van der Waals surface area (Å²) >= 11 is 8.89. The maximum Gasteiger partial charge on any atom is 0.266 e. The van der Waals surface area contributed by atoms with Gasteiger partial charge in [0.1, 0.15) is 17.4 Å². The summed E-state index contributed by atoms with van der Waals surface area (Å²) in [5.74, 6) is -0.127. The number of carbonyl (C=O) groups excluding carboxylic acids is 1. The van der Waals surface area contributed by atoms with Crippen molar-refractivity contribution >= 4 is 62.6 Å². The van der Waals surface area contributed by atoms with Crippen LogP contribution in [-0.2, 0) is 4.79 Å². The molecule has 0 atom stereocenters. The van der Waals surface area contributed by atoms with Crippen LogP contribution in [-0.4, -0.2) is 10.9 Å². The van der Waals surface area contributed by atoms with Gasteiger partial charge in [0.25, 0.3) is 5.91 Å². The fraction of sp³-hybridized carbons (Fsp3) is 0. The number of benzene rings is 2. The minimum atomic E-state index is -0.536. The predicted molar refractivity (Wildman–Crippen MR) is 116 cm³/mol. The van der Waals surface area contributed by atoms with Gasteiger partial charge in [-0.3, -0.25) is 4.79 Å². The summed E-state index contributed by atoms with van der Waals surface area (Å²) in [5.41, 5.74) is 1.38. The van der Waals surface area contributed by atoms with Crippen molar-refractivity contribution in [3.05, 3.63) is 77.0 Å². The van der Waals surface area contributed by atoms with Gasteiger partial charge in [-0.2, -0.15) is 5.26 Å². The van der Waals surface area contributed by atoms with Gasteiger partial charge in [-0.25, -0.2) is 4.98 Å². The van der Waals surface area contributed by atoms with Gasteiger partial charge in [0, 0.05) is 16.8 Å². The molecule has 0 aliphatic heterocycles. The van der Waals surface area contributed by atoms with E-state index in [1.807, 2.05) is 30.3 Å². The second-order valence-electron chi connectivity index (χ2n) is 5.84. The van der Waals surface area contributed by atoms with Gasteiger partial charge < -0.3 is 9.73 Å². The smallest absolute Gasteiger partial charge is 0.266 e. The Labute approximate surface area is 179 Å². The van der Waals surface area contributed by atoms with Crippen LogP contribution in [0.2, 0.25) is 5.02 Å². The van der Waals surface area contributed by atoms with Crippen molar-refractivity contribution in [2.75, 3.05) is 5.32 Å². The van der Waals surface area contributed by atoms with Crippen molar-refractivity contribution in [1.29, 1.82) is 5.26 Å². The Hall–Kier alpha value is -3.05. The Morgan fingerprint density at radius 3 is 2.86 bits per heavy atom. The number of thiazole rings is 1. The molecule has 1 amide bonds. The first kappa shape index (κ1) is 19.3. The van der Waals surface area contributed by atoms with Gasteiger partial charge in [0.05, 0.1) is 10.2 Å². The molecule has 0 saturated heterocycles. The number of hydrogen-bond acceptors (Lipinski definition) is 6. The first-order valence-corrected chi connectivity index (χ1v) is 10.4. The maximum absolute atomic E-state index is 12.4. The van der Waals surface area contributed by atoms with E-state index in [9.17, 15) is 10.1 Å². The van der Waals surface area contributed by atoms with E-state index in [4.69, 9.17) is 16.0 Å². The van der Waals surface area contributed by atoms with Crippen LogP contribution in [0.15, 0.2) is 80.1 Å². The monoisotopic (exact) mass is 437 g/mol. The fourth-order valence-electron chi connectivity index (χ4n) is 2.50. The maximum atomic E-state index is 12.4. The predicted octanol–water partition coefficient (Wildman–Crippen LogP) is 6.24. The Balaban J connectivity index is 1.49. The van der Waals surface area contributed by atoms with E-state index in [2.05, 4.69) is 10.3 Å². The van der Waals surface area contributed by atoms with Crippen LogP contribution in [0, 0.1) is 11.3 Å². The third-order valence-electron chi connectivity index (χ3n) is 3.80. The van der Waals surface area contributed by atoms with Crippen LogP contribution in [0.5, 0.6) is 0 Å². The third kappa shape index (κ3) is 4.69. The number of amides is 1. The molecule has 5 nitrogen and oxygen atoms in total. The molecule has 2 aromatic carbocycles. The van der Waals surface area contributed by atoms with Crippen LogP contribution in [0.3, 0.4) is 0 Å². The van der Waals surface area contributed by atoms with E-state index >= 15 is 0 Å². The van der Waals surface area contributed by atoms with Gasteiger partial charge in [0.15, 0.2) is 9.43 Å². The highest BCUT2D eigenvalue weighted by molar-refractivity contribution is 8.01. The number of hydrogen-bond donors (Lipinski definition) is 1. The number of nitrogens with one attached hydrogen (secondary N) is 1. The number of rotatable bonds is 5. The molecular formula is C21H12ClN3O2S2. The summed E-state index contributed by atoms with van der Waals surface area (Å²) in [4.78, 5) is 16.9. The second-order valence-corrected chi connectivity index (χ2v) is 8.56. The molecule has 1 N–H and O–H groups in total. The largest absolute Gasteiger partial charge is 0.450 e. The molecule has 4 aromatic rings. The van der Waals surface area contributed by atoms with E-state index in [-0.39, 0.29) is 5.57 Å². The summed E-state index contributed by atoms with van der Waals surface area (Å²) < 4.78 is 7.70. The highest BCUT2D eigenvalue weighted by atomic mass is 35.5. The van der Waals surface area contributed by atoms with E-state index in [0.717, 1.165) is 14.6 Å². The molecule has 29 heavy (non-hydrogen) atoms. The van der Waals surface area contributed by atoms with Crippen LogP contribution >= 0.6 is 34.7 Å². The topological polar surface area (TPSA) is 78.9 Å². The Bertz CT molecular complexity index is 1240. The van der Waals surface area contributed by atoms with Gasteiger partial charge in [0.2, 0.25) is 0 Å². The summed E-state index contributed by atoms with van der Waals surface area (Å²) in [7, 11) is 0. The lowest BCUT2D eigenvalue weighted by molar-refractivity contribution is -0.112. The number of furan rings is 1. The normalized spacial score (nSPS) is 11.4. The molecule has 142 valence electrons. The van der Waals surface area contributed by atoms with Crippen molar-refractivity contribution in [2.24, 2.45) is 0 Å². The van der Waals surface area contributed by atoms with Crippen molar-refractivity contribution in [2.45, 2.75) is 9.43 Å². The lowest BCUT2D eigenvalue weighted by Crippen LogP contribution is -2.13. The zero-order chi connectivity index (χ0) is 20.2. The molecule has 0 aliphatic carbocycles.